The van der Waals surface area contributed by atoms with Gasteiger partial charge in [-0.2, -0.15) is 0 Å². The van der Waals surface area contributed by atoms with Crippen molar-refractivity contribution >= 4 is 11.8 Å². The van der Waals surface area contributed by atoms with Gasteiger partial charge in [0.15, 0.2) is 0 Å². The lowest BCUT2D eigenvalue weighted by Crippen LogP contribution is -2.08. The summed E-state index contributed by atoms with van der Waals surface area (Å²) < 4.78 is 0. The Bertz CT molecular complexity index is 436. The molecular weight excluding hydrogens is 232 g/mol. The van der Waals surface area contributed by atoms with Crippen LogP contribution in [-0.4, -0.2) is 17.0 Å². The van der Waals surface area contributed by atoms with Crippen LogP contribution in [0.4, 0.5) is 5.69 Å². The van der Waals surface area contributed by atoms with Gasteiger partial charge in [-0.05, 0) is 18.4 Å². The van der Waals surface area contributed by atoms with Crippen LogP contribution in [0, 0.1) is 10.1 Å². The molecule has 1 aromatic carbocycles. The summed E-state index contributed by atoms with van der Waals surface area (Å²) in [5, 5.41) is 10.5. The van der Waals surface area contributed by atoms with Crippen molar-refractivity contribution in [1.29, 1.82) is 0 Å². The fourth-order valence-electron chi connectivity index (χ4n) is 1.75. The average Bonchev–Trinajstić information content (AvgIpc) is 2.37. The van der Waals surface area contributed by atoms with Gasteiger partial charge in [-0.15, -0.1) is 0 Å². The minimum absolute atomic E-state index is 0.0720. The summed E-state index contributed by atoms with van der Waals surface area (Å²) in [5.41, 5.74) is 1.02. The number of unbranched alkanes of at least 4 members (excludes halogenated alkanes) is 1. The molecule has 96 valence electrons. The molecule has 0 heterocycles. The molecule has 0 aliphatic rings. The zero-order valence-electron chi connectivity index (χ0n) is 10.3. The molecule has 0 N–H and O–H groups in total. The van der Waals surface area contributed by atoms with E-state index in [0.29, 0.717) is 6.42 Å². The van der Waals surface area contributed by atoms with Crippen molar-refractivity contribution in [2.75, 3.05) is 0 Å². The molecule has 0 radical (unpaired) electrons. The van der Waals surface area contributed by atoms with Gasteiger partial charge in [0.25, 0.3) is 5.69 Å². The van der Waals surface area contributed by atoms with Crippen LogP contribution in [0.25, 0.3) is 0 Å². The molecule has 18 heavy (non-hydrogen) atoms. The van der Waals surface area contributed by atoms with E-state index in [2.05, 4.69) is 11.9 Å². The van der Waals surface area contributed by atoms with Crippen LogP contribution in [0.15, 0.2) is 29.3 Å². The summed E-state index contributed by atoms with van der Waals surface area (Å²) in [6.07, 6.45) is 5.10. The number of benzene rings is 1. The molecular formula is C13H16N2O3. The number of nitro groups is 1. The molecule has 1 atom stereocenters. The van der Waals surface area contributed by atoms with Crippen LogP contribution in [0.3, 0.4) is 0 Å². The Kier molecular flexibility index (Phi) is 5.74. The maximum atomic E-state index is 10.5. The molecule has 0 fully saturated rings. The van der Waals surface area contributed by atoms with Crippen LogP contribution >= 0.6 is 0 Å². The Labute approximate surface area is 106 Å². The zero-order valence-corrected chi connectivity index (χ0v) is 10.3. The molecule has 1 rings (SSSR count). The quantitative estimate of drug-likeness (QED) is 0.322. The van der Waals surface area contributed by atoms with Gasteiger partial charge in [0, 0.05) is 12.1 Å². The lowest BCUT2D eigenvalue weighted by molar-refractivity contribution is -0.384. The van der Waals surface area contributed by atoms with E-state index in [4.69, 9.17) is 0 Å². The fourth-order valence-corrected chi connectivity index (χ4v) is 1.75. The van der Waals surface area contributed by atoms with Crippen molar-refractivity contribution in [3.05, 3.63) is 39.9 Å². The highest BCUT2D eigenvalue weighted by Crippen LogP contribution is 2.16. The first-order valence-corrected chi connectivity index (χ1v) is 5.97. The second-order valence-electron chi connectivity index (χ2n) is 4.14. The first-order valence-electron chi connectivity index (χ1n) is 5.97. The number of hydrogen-bond acceptors (Lipinski definition) is 4. The summed E-state index contributed by atoms with van der Waals surface area (Å²) in [6, 6.07) is 6.27. The van der Waals surface area contributed by atoms with E-state index >= 15 is 0 Å². The van der Waals surface area contributed by atoms with E-state index in [1.165, 1.54) is 12.1 Å². The van der Waals surface area contributed by atoms with Gasteiger partial charge in [0.2, 0.25) is 6.08 Å². The van der Waals surface area contributed by atoms with Crippen LogP contribution < -0.4 is 0 Å². The van der Waals surface area contributed by atoms with Crippen molar-refractivity contribution in [2.24, 2.45) is 4.99 Å². The number of isocyanates is 1. The summed E-state index contributed by atoms with van der Waals surface area (Å²) >= 11 is 0. The van der Waals surface area contributed by atoms with E-state index < -0.39 is 4.92 Å². The van der Waals surface area contributed by atoms with Gasteiger partial charge in [0.1, 0.15) is 0 Å². The molecule has 0 aliphatic carbocycles. The largest absolute Gasteiger partial charge is 0.269 e. The van der Waals surface area contributed by atoms with E-state index in [1.807, 2.05) is 0 Å². The minimum atomic E-state index is -0.429. The monoisotopic (exact) mass is 248 g/mol. The van der Waals surface area contributed by atoms with Gasteiger partial charge in [-0.1, -0.05) is 31.9 Å². The third-order valence-corrected chi connectivity index (χ3v) is 2.74. The number of carbonyl (C=O) groups excluding carboxylic acids is 1. The fraction of sp³-hybridized carbons (Fsp3) is 0.462. The number of nitrogens with zero attached hydrogens (tertiary/aromatic N) is 2. The standard InChI is InChI=1S/C13H16N2O3/c1-2-3-4-12(14-10-16)9-11-5-7-13(8-6-11)15(17)18/h5-8,12H,2-4,9H2,1H3. The molecule has 1 unspecified atom stereocenters. The normalized spacial score (nSPS) is 11.6. The van der Waals surface area contributed by atoms with Crippen LogP contribution in [0.1, 0.15) is 31.7 Å². The number of hydrogen-bond donors (Lipinski definition) is 0. The Balaban J connectivity index is 2.68. The van der Waals surface area contributed by atoms with Crippen molar-refractivity contribution in [2.45, 2.75) is 38.6 Å². The van der Waals surface area contributed by atoms with Gasteiger partial charge in [0.05, 0.1) is 11.0 Å². The number of rotatable bonds is 7. The Morgan fingerprint density at radius 2 is 2.06 bits per heavy atom. The number of non-ortho nitro benzene ring substituents is 1. The summed E-state index contributed by atoms with van der Waals surface area (Å²) in [4.78, 5) is 24.2. The van der Waals surface area contributed by atoms with E-state index in [9.17, 15) is 14.9 Å². The lowest BCUT2D eigenvalue weighted by Gasteiger charge is -2.09. The van der Waals surface area contributed by atoms with Crippen molar-refractivity contribution in [3.63, 3.8) is 0 Å². The molecule has 0 amide bonds. The van der Waals surface area contributed by atoms with Gasteiger partial charge in [-0.25, -0.2) is 9.79 Å². The maximum Gasteiger partial charge on any atom is 0.269 e. The summed E-state index contributed by atoms with van der Waals surface area (Å²) in [7, 11) is 0. The Hall–Kier alpha value is -2.00. The van der Waals surface area contributed by atoms with Gasteiger partial charge < -0.3 is 0 Å². The maximum absolute atomic E-state index is 10.5. The first-order chi connectivity index (χ1) is 8.67. The van der Waals surface area contributed by atoms with Crippen LogP contribution in [0.5, 0.6) is 0 Å². The summed E-state index contributed by atoms with van der Waals surface area (Å²) in [5.74, 6) is 0. The first kappa shape index (κ1) is 14.1. The van der Waals surface area contributed by atoms with Crippen LogP contribution in [0.2, 0.25) is 0 Å². The molecule has 1 aromatic rings. The lowest BCUT2D eigenvalue weighted by atomic mass is 10.0. The van der Waals surface area contributed by atoms with E-state index in [-0.39, 0.29) is 11.7 Å². The van der Waals surface area contributed by atoms with E-state index in [0.717, 1.165) is 24.8 Å². The van der Waals surface area contributed by atoms with Crippen molar-refractivity contribution in [3.8, 4) is 0 Å². The smallest absolute Gasteiger partial charge is 0.258 e. The molecule has 0 saturated carbocycles. The van der Waals surface area contributed by atoms with Crippen molar-refractivity contribution in [1.82, 2.24) is 0 Å². The van der Waals surface area contributed by atoms with Gasteiger partial charge in [-0.3, -0.25) is 10.1 Å². The molecule has 5 nitrogen and oxygen atoms in total. The highest BCUT2D eigenvalue weighted by molar-refractivity contribution is 5.35. The molecule has 0 aromatic heterocycles. The molecule has 0 spiro atoms. The van der Waals surface area contributed by atoms with Crippen molar-refractivity contribution < 1.29 is 9.72 Å². The van der Waals surface area contributed by atoms with E-state index in [1.54, 1.807) is 18.2 Å². The predicted octanol–water partition coefficient (Wildman–Crippen LogP) is 3.03. The Morgan fingerprint density at radius 3 is 2.56 bits per heavy atom. The highest BCUT2D eigenvalue weighted by atomic mass is 16.6. The number of nitro benzene ring substituents is 1. The molecule has 0 bridgehead atoms. The van der Waals surface area contributed by atoms with Crippen LogP contribution in [-0.2, 0) is 11.2 Å². The zero-order chi connectivity index (χ0) is 13.4. The highest BCUT2D eigenvalue weighted by Gasteiger charge is 2.09. The molecule has 0 saturated heterocycles. The van der Waals surface area contributed by atoms with Gasteiger partial charge >= 0.3 is 0 Å². The topological polar surface area (TPSA) is 72.6 Å². The minimum Gasteiger partial charge on any atom is -0.258 e. The third-order valence-electron chi connectivity index (χ3n) is 2.74. The predicted molar refractivity (Wildman–Crippen MR) is 68.2 cm³/mol. The average molecular weight is 248 g/mol. The Morgan fingerprint density at radius 1 is 1.39 bits per heavy atom. The second-order valence-corrected chi connectivity index (χ2v) is 4.14. The molecule has 5 heteroatoms. The third kappa shape index (κ3) is 4.47. The molecule has 0 aliphatic heterocycles. The second kappa shape index (κ2) is 7.35. The number of aliphatic imine (C=N–C) groups is 1. The summed E-state index contributed by atoms with van der Waals surface area (Å²) in [6.45, 7) is 2.08. The SMILES string of the molecule is CCCCC(Cc1ccc([N+](=O)[O-])cc1)N=C=O.